The van der Waals surface area contributed by atoms with Crippen LogP contribution in [0.4, 0.5) is 0 Å². The van der Waals surface area contributed by atoms with Crippen LogP contribution >= 0.6 is 0 Å². The van der Waals surface area contributed by atoms with Gasteiger partial charge in [-0.2, -0.15) is 0 Å². The molecule has 0 amide bonds. The third kappa shape index (κ3) is 11.0. The van der Waals surface area contributed by atoms with Gasteiger partial charge in [-0.3, -0.25) is 9.59 Å². The van der Waals surface area contributed by atoms with E-state index in [0.717, 1.165) is 24.2 Å². The van der Waals surface area contributed by atoms with E-state index in [1.54, 1.807) is 6.92 Å². The number of benzene rings is 1. The van der Waals surface area contributed by atoms with Gasteiger partial charge in [0.15, 0.2) is 0 Å². The normalized spacial score (nSPS) is 10.6. The van der Waals surface area contributed by atoms with E-state index in [1.807, 2.05) is 19.1 Å². The molecule has 6 heteroatoms. The van der Waals surface area contributed by atoms with Gasteiger partial charge in [0, 0.05) is 12.8 Å². The van der Waals surface area contributed by atoms with E-state index in [9.17, 15) is 9.59 Å². The van der Waals surface area contributed by atoms with Gasteiger partial charge in [0.05, 0.1) is 19.8 Å². The number of aryl methyl sites for hydroxylation is 1. The molecule has 5 nitrogen and oxygen atoms in total. The molecule has 1 aromatic rings. The van der Waals surface area contributed by atoms with Crippen molar-refractivity contribution in [2.45, 2.75) is 78.0 Å². The Balaban J connectivity index is 2.71. The predicted molar refractivity (Wildman–Crippen MR) is 118 cm³/mol. The standard InChI is InChI=1S/C23H37BO5/c1-3-27-22(25)14-10-18-29-21-13-9-12-19(11-7-5-6-8-17-24)20(21)15-16-23(26)28-4-2/h9,12-13H,3-8,10-11,14-18,24H2,1-2H3. The first-order valence-electron chi connectivity index (χ1n) is 11.2. The minimum atomic E-state index is -0.195. The van der Waals surface area contributed by atoms with Gasteiger partial charge in [-0.25, -0.2) is 0 Å². The largest absolute Gasteiger partial charge is 0.493 e. The number of unbranched alkanes of at least 4 members (excludes halogenated alkanes) is 3. The van der Waals surface area contributed by atoms with E-state index in [-0.39, 0.29) is 11.9 Å². The molecule has 0 N–H and O–H groups in total. The number of ether oxygens (including phenoxy) is 3. The second kappa shape index (κ2) is 15.9. The van der Waals surface area contributed by atoms with Crippen LogP contribution in [0.2, 0.25) is 6.32 Å². The Labute approximate surface area is 176 Å². The van der Waals surface area contributed by atoms with Crippen molar-refractivity contribution in [1.29, 1.82) is 0 Å². The van der Waals surface area contributed by atoms with E-state index in [4.69, 9.17) is 14.2 Å². The molecule has 0 atom stereocenters. The van der Waals surface area contributed by atoms with Gasteiger partial charge in [-0.15, -0.1) is 0 Å². The highest BCUT2D eigenvalue weighted by atomic mass is 16.5. The molecule has 162 valence electrons. The lowest BCUT2D eigenvalue weighted by atomic mass is 9.95. The van der Waals surface area contributed by atoms with E-state index in [0.29, 0.717) is 45.5 Å². The van der Waals surface area contributed by atoms with Crippen LogP contribution in [-0.2, 0) is 31.9 Å². The van der Waals surface area contributed by atoms with Crippen LogP contribution in [0.25, 0.3) is 0 Å². The number of rotatable bonds is 16. The molecule has 0 saturated carbocycles. The summed E-state index contributed by atoms with van der Waals surface area (Å²) >= 11 is 0. The van der Waals surface area contributed by atoms with Crippen LogP contribution in [-0.4, -0.2) is 39.6 Å². The quantitative estimate of drug-likeness (QED) is 0.236. The molecule has 0 aromatic heterocycles. The summed E-state index contributed by atoms with van der Waals surface area (Å²) < 4.78 is 16.0. The maximum Gasteiger partial charge on any atom is 0.306 e. The van der Waals surface area contributed by atoms with E-state index < -0.39 is 0 Å². The van der Waals surface area contributed by atoms with Crippen molar-refractivity contribution in [2.24, 2.45) is 0 Å². The topological polar surface area (TPSA) is 61.8 Å². The van der Waals surface area contributed by atoms with Crippen molar-refractivity contribution in [2.75, 3.05) is 19.8 Å². The third-order valence-corrected chi connectivity index (χ3v) is 4.75. The zero-order valence-electron chi connectivity index (χ0n) is 18.5. The molecule has 0 saturated heterocycles. The minimum absolute atomic E-state index is 0.182. The minimum Gasteiger partial charge on any atom is -0.493 e. The molecule has 0 aliphatic carbocycles. The van der Waals surface area contributed by atoms with Crippen molar-refractivity contribution in [1.82, 2.24) is 0 Å². The number of carbonyl (C=O) groups excluding carboxylic acids is 2. The molecule has 1 aromatic carbocycles. The first kappa shape index (κ1) is 25.1. The van der Waals surface area contributed by atoms with Crippen LogP contribution in [0, 0.1) is 0 Å². The summed E-state index contributed by atoms with van der Waals surface area (Å²) in [5, 5.41) is 0. The monoisotopic (exact) mass is 404 g/mol. The lowest BCUT2D eigenvalue weighted by molar-refractivity contribution is -0.144. The molecular weight excluding hydrogens is 367 g/mol. The maximum atomic E-state index is 11.9. The summed E-state index contributed by atoms with van der Waals surface area (Å²) in [6.45, 7) is 4.87. The van der Waals surface area contributed by atoms with E-state index in [1.165, 1.54) is 31.1 Å². The molecule has 0 unspecified atom stereocenters. The summed E-state index contributed by atoms with van der Waals surface area (Å²) in [7, 11) is 2.22. The molecular formula is C23H37BO5. The van der Waals surface area contributed by atoms with Crippen molar-refractivity contribution in [3.8, 4) is 5.75 Å². The Bertz CT molecular complexity index is 603. The number of hydrogen-bond acceptors (Lipinski definition) is 5. The lowest BCUT2D eigenvalue weighted by Gasteiger charge is -2.16. The highest BCUT2D eigenvalue weighted by Crippen LogP contribution is 2.26. The first-order valence-corrected chi connectivity index (χ1v) is 11.2. The van der Waals surface area contributed by atoms with Crippen molar-refractivity contribution < 1.29 is 23.8 Å². The fourth-order valence-electron chi connectivity index (χ4n) is 3.28. The average Bonchev–Trinajstić information content (AvgIpc) is 2.70. The summed E-state index contributed by atoms with van der Waals surface area (Å²) in [6.07, 6.45) is 9.03. The SMILES string of the molecule is BCCCCCCc1cccc(OCCCC(=O)OCC)c1CCC(=O)OCC. The second-order valence-corrected chi connectivity index (χ2v) is 7.12. The van der Waals surface area contributed by atoms with Crippen LogP contribution < -0.4 is 4.74 Å². The number of esters is 2. The highest BCUT2D eigenvalue weighted by molar-refractivity contribution is 6.08. The molecule has 0 heterocycles. The molecule has 0 bridgehead atoms. The van der Waals surface area contributed by atoms with Crippen LogP contribution in [0.1, 0.15) is 69.9 Å². The summed E-state index contributed by atoms with van der Waals surface area (Å²) in [6, 6.07) is 6.09. The molecule has 29 heavy (non-hydrogen) atoms. The number of carbonyl (C=O) groups is 2. The zero-order chi connectivity index (χ0) is 21.3. The number of hydrogen-bond donors (Lipinski definition) is 0. The molecule has 0 radical (unpaired) electrons. The summed E-state index contributed by atoms with van der Waals surface area (Å²) in [5.41, 5.74) is 2.33. The molecule has 0 fully saturated rings. The molecule has 0 spiro atoms. The van der Waals surface area contributed by atoms with Crippen LogP contribution in [0.3, 0.4) is 0 Å². The highest BCUT2D eigenvalue weighted by Gasteiger charge is 2.13. The Morgan fingerprint density at radius 3 is 2.24 bits per heavy atom. The Kier molecular flexibility index (Phi) is 13.7. The van der Waals surface area contributed by atoms with E-state index >= 15 is 0 Å². The lowest BCUT2D eigenvalue weighted by Crippen LogP contribution is -2.10. The van der Waals surface area contributed by atoms with Crippen molar-refractivity contribution in [3.05, 3.63) is 29.3 Å². The fourth-order valence-corrected chi connectivity index (χ4v) is 3.28. The first-order chi connectivity index (χ1) is 14.1. The zero-order valence-corrected chi connectivity index (χ0v) is 18.5. The Morgan fingerprint density at radius 2 is 1.55 bits per heavy atom. The average molecular weight is 404 g/mol. The molecule has 0 aliphatic heterocycles. The van der Waals surface area contributed by atoms with Crippen molar-refractivity contribution in [3.63, 3.8) is 0 Å². The van der Waals surface area contributed by atoms with Gasteiger partial charge in [0.25, 0.3) is 0 Å². The Morgan fingerprint density at radius 1 is 0.862 bits per heavy atom. The molecule has 1 rings (SSSR count). The Hall–Kier alpha value is -1.98. The predicted octanol–water partition coefficient (Wildman–Crippen LogP) is 4.06. The summed E-state index contributed by atoms with van der Waals surface area (Å²) in [4.78, 5) is 23.3. The summed E-state index contributed by atoms with van der Waals surface area (Å²) in [5.74, 6) is 0.433. The van der Waals surface area contributed by atoms with Gasteiger partial charge < -0.3 is 14.2 Å². The van der Waals surface area contributed by atoms with Crippen molar-refractivity contribution >= 4 is 19.8 Å². The van der Waals surface area contributed by atoms with Gasteiger partial charge >= 0.3 is 11.9 Å². The second-order valence-electron chi connectivity index (χ2n) is 7.12. The van der Waals surface area contributed by atoms with Gasteiger partial charge in [-0.1, -0.05) is 37.7 Å². The van der Waals surface area contributed by atoms with Gasteiger partial charge in [0.2, 0.25) is 0 Å². The van der Waals surface area contributed by atoms with Gasteiger partial charge in [-0.05, 0) is 56.7 Å². The third-order valence-electron chi connectivity index (χ3n) is 4.75. The van der Waals surface area contributed by atoms with E-state index in [2.05, 4.69) is 13.9 Å². The van der Waals surface area contributed by atoms with Crippen LogP contribution in [0.5, 0.6) is 5.75 Å². The van der Waals surface area contributed by atoms with Crippen LogP contribution in [0.15, 0.2) is 18.2 Å². The smallest absolute Gasteiger partial charge is 0.306 e. The van der Waals surface area contributed by atoms with Gasteiger partial charge in [0.1, 0.15) is 13.6 Å². The fraction of sp³-hybridized carbons (Fsp3) is 0.652. The molecule has 0 aliphatic rings. The maximum absolute atomic E-state index is 11.9.